The van der Waals surface area contributed by atoms with Gasteiger partial charge in [0, 0.05) is 28.8 Å². The van der Waals surface area contributed by atoms with Crippen molar-refractivity contribution < 1.29 is 0 Å². The maximum Gasteiger partial charge on any atom is 0.0737 e. The van der Waals surface area contributed by atoms with E-state index >= 15 is 0 Å². The fourth-order valence-electron chi connectivity index (χ4n) is 2.65. The Bertz CT molecular complexity index is 564. The summed E-state index contributed by atoms with van der Waals surface area (Å²) in [4.78, 5) is 4.35. The lowest BCUT2D eigenvalue weighted by molar-refractivity contribution is 0.549. The zero-order chi connectivity index (χ0) is 13.1. The van der Waals surface area contributed by atoms with E-state index in [0.717, 1.165) is 40.6 Å². The minimum absolute atomic E-state index is 0.731. The molecule has 0 spiro atoms. The smallest absolute Gasteiger partial charge is 0.0737 e. The van der Waals surface area contributed by atoms with Gasteiger partial charge in [-0.05, 0) is 56.1 Å². The lowest BCUT2D eigenvalue weighted by Gasteiger charge is -2.12. The number of hydrogen-bond donors (Lipinski definition) is 2. The molecule has 1 aliphatic rings. The Kier molecular flexibility index (Phi) is 3.85. The number of halogens is 1. The summed E-state index contributed by atoms with van der Waals surface area (Å²) in [7, 11) is 0. The maximum atomic E-state index is 5.99. The lowest BCUT2D eigenvalue weighted by atomic mass is 10.1. The average molecular weight is 276 g/mol. The van der Waals surface area contributed by atoms with E-state index in [0.29, 0.717) is 0 Å². The molecule has 1 saturated heterocycles. The fraction of sp³-hybridized carbons (Fsp3) is 0.400. The molecule has 0 aliphatic carbocycles. The Hall–Kier alpha value is -1.32. The van der Waals surface area contributed by atoms with E-state index in [4.69, 9.17) is 11.6 Å². The van der Waals surface area contributed by atoms with Crippen molar-refractivity contribution in [1.82, 2.24) is 10.3 Å². The van der Waals surface area contributed by atoms with E-state index in [1.54, 1.807) is 0 Å². The first-order valence-electron chi connectivity index (χ1n) is 6.82. The van der Waals surface area contributed by atoms with Crippen LogP contribution in [0.15, 0.2) is 30.5 Å². The summed E-state index contributed by atoms with van der Waals surface area (Å²) in [5.41, 5.74) is 2.09. The zero-order valence-electron chi connectivity index (χ0n) is 10.8. The molecule has 0 amide bonds. The van der Waals surface area contributed by atoms with Gasteiger partial charge in [-0.3, -0.25) is 4.98 Å². The van der Waals surface area contributed by atoms with Gasteiger partial charge in [0.25, 0.3) is 0 Å². The van der Waals surface area contributed by atoms with Crippen molar-refractivity contribution in [3.8, 4) is 0 Å². The molecule has 1 aromatic carbocycles. The predicted molar refractivity (Wildman–Crippen MR) is 80.8 cm³/mol. The molecule has 0 saturated carbocycles. The molecule has 2 N–H and O–H groups in total. The van der Waals surface area contributed by atoms with Crippen molar-refractivity contribution in [2.24, 2.45) is 5.92 Å². The van der Waals surface area contributed by atoms with Crippen LogP contribution in [0.3, 0.4) is 0 Å². The molecule has 1 aromatic heterocycles. The van der Waals surface area contributed by atoms with E-state index in [9.17, 15) is 0 Å². The highest BCUT2D eigenvalue weighted by molar-refractivity contribution is 6.31. The highest BCUT2D eigenvalue weighted by Crippen LogP contribution is 2.24. The number of rotatable bonds is 4. The number of pyridine rings is 1. The first-order chi connectivity index (χ1) is 9.33. The highest BCUT2D eigenvalue weighted by atomic mass is 35.5. The molecule has 19 heavy (non-hydrogen) atoms. The summed E-state index contributed by atoms with van der Waals surface area (Å²) >= 11 is 5.99. The zero-order valence-corrected chi connectivity index (χ0v) is 11.6. The molecular weight excluding hydrogens is 258 g/mol. The van der Waals surface area contributed by atoms with Crippen LogP contribution in [0.2, 0.25) is 5.02 Å². The number of nitrogens with one attached hydrogen (secondary N) is 2. The SMILES string of the molecule is Clc1ccc2c(NCCC3CCNC3)ccnc2c1. The third-order valence-corrected chi connectivity index (χ3v) is 3.97. The minimum atomic E-state index is 0.731. The molecule has 2 heterocycles. The van der Waals surface area contributed by atoms with Gasteiger partial charge in [0.15, 0.2) is 0 Å². The third kappa shape index (κ3) is 2.99. The first kappa shape index (κ1) is 12.7. The average Bonchev–Trinajstić information content (AvgIpc) is 2.92. The second-order valence-corrected chi connectivity index (χ2v) is 5.53. The Morgan fingerprint density at radius 1 is 1.37 bits per heavy atom. The fourth-order valence-corrected chi connectivity index (χ4v) is 2.81. The second kappa shape index (κ2) is 5.76. The van der Waals surface area contributed by atoms with Gasteiger partial charge in [-0.25, -0.2) is 0 Å². The number of aromatic nitrogens is 1. The lowest BCUT2D eigenvalue weighted by Crippen LogP contribution is -2.12. The molecule has 100 valence electrons. The van der Waals surface area contributed by atoms with Crippen LogP contribution >= 0.6 is 11.6 Å². The van der Waals surface area contributed by atoms with Crippen LogP contribution in [0.4, 0.5) is 5.69 Å². The number of anilines is 1. The standard InChI is InChI=1S/C15H18ClN3/c16-12-1-2-13-14(5-8-19-15(13)9-12)18-7-4-11-3-6-17-10-11/h1-2,5,8-9,11,17H,3-4,6-7,10H2,(H,18,19). The summed E-state index contributed by atoms with van der Waals surface area (Å²) in [6.07, 6.45) is 4.34. The molecule has 0 radical (unpaired) electrons. The van der Waals surface area contributed by atoms with Crippen LogP contribution in [0.5, 0.6) is 0 Å². The monoisotopic (exact) mass is 275 g/mol. The number of fused-ring (bicyclic) bond motifs is 1. The van der Waals surface area contributed by atoms with Crippen LogP contribution in [0.25, 0.3) is 10.9 Å². The van der Waals surface area contributed by atoms with Crippen molar-refractivity contribution in [3.05, 3.63) is 35.5 Å². The van der Waals surface area contributed by atoms with Crippen molar-refractivity contribution in [3.63, 3.8) is 0 Å². The van der Waals surface area contributed by atoms with Gasteiger partial charge in [0.1, 0.15) is 0 Å². The molecule has 4 heteroatoms. The Morgan fingerprint density at radius 2 is 2.32 bits per heavy atom. The van der Waals surface area contributed by atoms with Gasteiger partial charge >= 0.3 is 0 Å². The van der Waals surface area contributed by atoms with Crippen molar-refractivity contribution in [2.75, 3.05) is 25.0 Å². The number of hydrogen-bond acceptors (Lipinski definition) is 3. The van der Waals surface area contributed by atoms with Gasteiger partial charge in [-0.2, -0.15) is 0 Å². The van der Waals surface area contributed by atoms with E-state index in [-0.39, 0.29) is 0 Å². The van der Waals surface area contributed by atoms with Gasteiger partial charge < -0.3 is 10.6 Å². The van der Waals surface area contributed by atoms with Crippen LogP contribution < -0.4 is 10.6 Å². The van der Waals surface area contributed by atoms with E-state index < -0.39 is 0 Å². The van der Waals surface area contributed by atoms with Gasteiger partial charge in [0.2, 0.25) is 0 Å². The number of benzene rings is 1. The van der Waals surface area contributed by atoms with Gasteiger partial charge in [-0.1, -0.05) is 11.6 Å². The molecule has 1 unspecified atom stereocenters. The highest BCUT2D eigenvalue weighted by Gasteiger charge is 2.13. The van der Waals surface area contributed by atoms with Crippen molar-refractivity contribution >= 4 is 28.2 Å². The summed E-state index contributed by atoms with van der Waals surface area (Å²) < 4.78 is 0. The second-order valence-electron chi connectivity index (χ2n) is 5.09. The third-order valence-electron chi connectivity index (χ3n) is 3.74. The van der Waals surface area contributed by atoms with Gasteiger partial charge in [0.05, 0.1) is 5.52 Å². The first-order valence-corrected chi connectivity index (χ1v) is 7.19. The minimum Gasteiger partial charge on any atom is -0.384 e. The van der Waals surface area contributed by atoms with Crippen LogP contribution in [0.1, 0.15) is 12.8 Å². The number of nitrogens with zero attached hydrogens (tertiary/aromatic N) is 1. The van der Waals surface area contributed by atoms with Crippen LogP contribution in [-0.4, -0.2) is 24.6 Å². The molecule has 3 rings (SSSR count). The molecule has 1 fully saturated rings. The quantitative estimate of drug-likeness (QED) is 0.899. The Labute approximate surface area is 118 Å². The largest absolute Gasteiger partial charge is 0.384 e. The topological polar surface area (TPSA) is 37.0 Å². The van der Waals surface area contributed by atoms with Crippen molar-refractivity contribution in [2.45, 2.75) is 12.8 Å². The van der Waals surface area contributed by atoms with Gasteiger partial charge in [-0.15, -0.1) is 0 Å². The Morgan fingerprint density at radius 3 is 3.16 bits per heavy atom. The normalized spacial score (nSPS) is 18.9. The molecule has 1 aliphatic heterocycles. The summed E-state index contributed by atoms with van der Waals surface area (Å²) in [5, 5.41) is 8.79. The molecule has 1 atom stereocenters. The van der Waals surface area contributed by atoms with E-state index in [1.807, 2.05) is 30.5 Å². The molecule has 2 aromatic rings. The van der Waals surface area contributed by atoms with Crippen LogP contribution in [-0.2, 0) is 0 Å². The summed E-state index contributed by atoms with van der Waals surface area (Å²) in [6, 6.07) is 7.88. The predicted octanol–water partition coefficient (Wildman–Crippen LogP) is 3.30. The maximum absolute atomic E-state index is 5.99. The Balaban J connectivity index is 1.70. The molecular formula is C15H18ClN3. The summed E-state index contributed by atoms with van der Waals surface area (Å²) in [5.74, 6) is 0.815. The summed E-state index contributed by atoms with van der Waals surface area (Å²) in [6.45, 7) is 3.34. The van der Waals surface area contributed by atoms with Crippen molar-refractivity contribution in [1.29, 1.82) is 0 Å². The molecule has 0 bridgehead atoms. The van der Waals surface area contributed by atoms with Crippen LogP contribution in [0, 0.1) is 5.92 Å². The van der Waals surface area contributed by atoms with E-state index in [1.165, 1.54) is 19.4 Å². The molecule has 3 nitrogen and oxygen atoms in total. The van der Waals surface area contributed by atoms with E-state index in [2.05, 4.69) is 15.6 Å².